The number of benzene rings is 1. The van der Waals surface area contributed by atoms with E-state index in [0.29, 0.717) is 19.6 Å². The molecule has 0 spiro atoms. The van der Waals surface area contributed by atoms with E-state index in [0.717, 1.165) is 37.5 Å². The normalized spacial score (nSPS) is 14.5. The standard InChI is InChI=1S/C23H34N6O.HI/c1-2-24-23(27-17-16-25-22(30)20-7-4-3-5-8-20)26-15-13-19-9-11-21(12-10-19)29-18-6-14-28-29;/h6,9-12,14,18,20H,2-5,7-8,13,15-17H2,1H3,(H,25,30)(H2,24,26,27);1H. The third-order valence-corrected chi connectivity index (χ3v) is 5.41. The lowest BCUT2D eigenvalue weighted by molar-refractivity contribution is -0.125. The summed E-state index contributed by atoms with van der Waals surface area (Å²) in [5, 5.41) is 13.9. The van der Waals surface area contributed by atoms with E-state index < -0.39 is 0 Å². The summed E-state index contributed by atoms with van der Waals surface area (Å²) in [6, 6.07) is 10.3. The van der Waals surface area contributed by atoms with Crippen LogP contribution in [0.2, 0.25) is 0 Å². The van der Waals surface area contributed by atoms with Crippen LogP contribution in [-0.2, 0) is 11.2 Å². The molecular weight excluding hydrogens is 503 g/mol. The molecule has 1 aromatic heterocycles. The number of carbonyl (C=O) groups is 1. The Balaban J connectivity index is 0.00000341. The highest BCUT2D eigenvalue weighted by atomic mass is 127. The van der Waals surface area contributed by atoms with Gasteiger partial charge in [0.15, 0.2) is 5.96 Å². The molecule has 1 aliphatic rings. The van der Waals surface area contributed by atoms with Gasteiger partial charge in [0.1, 0.15) is 0 Å². The van der Waals surface area contributed by atoms with Crippen LogP contribution in [0.5, 0.6) is 0 Å². The third-order valence-electron chi connectivity index (χ3n) is 5.41. The Morgan fingerprint density at radius 3 is 2.52 bits per heavy atom. The minimum absolute atomic E-state index is 0. The summed E-state index contributed by atoms with van der Waals surface area (Å²) < 4.78 is 1.85. The van der Waals surface area contributed by atoms with Crippen molar-refractivity contribution in [3.8, 4) is 5.69 Å². The monoisotopic (exact) mass is 538 g/mol. The predicted octanol–water partition coefficient (Wildman–Crippen LogP) is 3.28. The van der Waals surface area contributed by atoms with E-state index in [1.54, 1.807) is 6.20 Å². The Labute approximate surface area is 202 Å². The van der Waals surface area contributed by atoms with Gasteiger partial charge >= 0.3 is 0 Å². The molecule has 0 bridgehead atoms. The molecule has 0 radical (unpaired) electrons. The fraction of sp³-hybridized carbons (Fsp3) is 0.522. The first kappa shape index (κ1) is 25.2. The van der Waals surface area contributed by atoms with Crippen LogP contribution in [0.4, 0.5) is 0 Å². The lowest BCUT2D eigenvalue weighted by Gasteiger charge is -2.21. The van der Waals surface area contributed by atoms with Gasteiger partial charge in [-0.15, -0.1) is 24.0 Å². The number of hydrogen-bond donors (Lipinski definition) is 3. The summed E-state index contributed by atoms with van der Waals surface area (Å²) in [6.45, 7) is 4.84. The summed E-state index contributed by atoms with van der Waals surface area (Å²) >= 11 is 0. The number of carbonyl (C=O) groups excluding carboxylic acids is 1. The Kier molecular flexibility index (Phi) is 11.4. The molecule has 1 aliphatic carbocycles. The molecular formula is C23H35IN6O. The molecule has 31 heavy (non-hydrogen) atoms. The number of guanidine groups is 1. The zero-order valence-electron chi connectivity index (χ0n) is 18.3. The summed E-state index contributed by atoms with van der Waals surface area (Å²) in [6.07, 6.45) is 10.3. The van der Waals surface area contributed by atoms with Crippen LogP contribution in [0.25, 0.3) is 5.69 Å². The fourth-order valence-corrected chi connectivity index (χ4v) is 3.75. The quantitative estimate of drug-likeness (QED) is 0.198. The molecule has 0 atom stereocenters. The van der Waals surface area contributed by atoms with Gasteiger partial charge in [0, 0.05) is 44.5 Å². The SMILES string of the molecule is CCNC(=NCCc1ccc(-n2cccn2)cc1)NCCNC(=O)C1CCCCC1.I. The Morgan fingerprint density at radius 1 is 1.10 bits per heavy atom. The van der Waals surface area contributed by atoms with Gasteiger partial charge in [-0.1, -0.05) is 31.4 Å². The molecule has 7 nitrogen and oxygen atoms in total. The second kappa shape index (κ2) is 14.1. The van der Waals surface area contributed by atoms with Crippen LogP contribution < -0.4 is 16.0 Å². The number of nitrogens with one attached hydrogen (secondary N) is 3. The van der Waals surface area contributed by atoms with Gasteiger partial charge in [-0.2, -0.15) is 5.10 Å². The maximum absolute atomic E-state index is 12.2. The molecule has 1 amide bonds. The molecule has 1 saturated carbocycles. The van der Waals surface area contributed by atoms with Gasteiger partial charge in [-0.3, -0.25) is 9.79 Å². The van der Waals surface area contributed by atoms with E-state index in [-0.39, 0.29) is 35.8 Å². The number of nitrogens with zero attached hydrogens (tertiary/aromatic N) is 3. The molecule has 3 N–H and O–H groups in total. The van der Waals surface area contributed by atoms with E-state index >= 15 is 0 Å². The fourth-order valence-electron chi connectivity index (χ4n) is 3.75. The first-order chi connectivity index (χ1) is 14.8. The number of hydrogen-bond acceptors (Lipinski definition) is 3. The van der Waals surface area contributed by atoms with Gasteiger partial charge in [-0.25, -0.2) is 4.68 Å². The van der Waals surface area contributed by atoms with E-state index in [4.69, 9.17) is 0 Å². The predicted molar refractivity (Wildman–Crippen MR) is 136 cm³/mol. The lowest BCUT2D eigenvalue weighted by Crippen LogP contribution is -2.42. The summed E-state index contributed by atoms with van der Waals surface area (Å²) in [4.78, 5) is 16.9. The molecule has 0 aliphatic heterocycles. The van der Waals surface area contributed by atoms with Gasteiger partial charge in [0.25, 0.3) is 0 Å². The zero-order chi connectivity index (χ0) is 21.0. The van der Waals surface area contributed by atoms with Crippen LogP contribution in [-0.4, -0.2) is 47.8 Å². The lowest BCUT2D eigenvalue weighted by atomic mass is 9.89. The topological polar surface area (TPSA) is 83.3 Å². The first-order valence-electron chi connectivity index (χ1n) is 11.1. The molecule has 3 rings (SSSR count). The summed E-state index contributed by atoms with van der Waals surface area (Å²) in [7, 11) is 0. The van der Waals surface area contributed by atoms with Crippen molar-refractivity contribution in [1.82, 2.24) is 25.7 Å². The van der Waals surface area contributed by atoms with E-state index in [9.17, 15) is 4.79 Å². The molecule has 0 unspecified atom stereocenters. The van der Waals surface area contributed by atoms with Crippen LogP contribution >= 0.6 is 24.0 Å². The highest BCUT2D eigenvalue weighted by Gasteiger charge is 2.20. The Hall–Kier alpha value is -2.10. The van der Waals surface area contributed by atoms with E-state index in [2.05, 4.69) is 57.2 Å². The van der Waals surface area contributed by atoms with Crippen LogP contribution in [0.15, 0.2) is 47.7 Å². The molecule has 170 valence electrons. The minimum Gasteiger partial charge on any atom is -0.357 e. The minimum atomic E-state index is 0. The van der Waals surface area contributed by atoms with Crippen molar-refractivity contribution in [1.29, 1.82) is 0 Å². The van der Waals surface area contributed by atoms with E-state index in [1.807, 2.05) is 16.9 Å². The van der Waals surface area contributed by atoms with Crippen LogP contribution in [0.3, 0.4) is 0 Å². The first-order valence-corrected chi connectivity index (χ1v) is 11.1. The average Bonchev–Trinajstić information content (AvgIpc) is 3.32. The smallest absolute Gasteiger partial charge is 0.223 e. The van der Waals surface area contributed by atoms with Crippen molar-refractivity contribution < 1.29 is 4.79 Å². The van der Waals surface area contributed by atoms with Crippen molar-refractivity contribution in [3.05, 3.63) is 48.3 Å². The number of rotatable bonds is 9. The van der Waals surface area contributed by atoms with Gasteiger partial charge in [-0.05, 0) is 49.9 Å². The van der Waals surface area contributed by atoms with Crippen LogP contribution in [0.1, 0.15) is 44.6 Å². The molecule has 0 saturated heterocycles. The third kappa shape index (κ3) is 8.51. The number of aliphatic imine (C=N–C) groups is 1. The van der Waals surface area contributed by atoms with Crippen molar-refractivity contribution >= 4 is 35.8 Å². The maximum Gasteiger partial charge on any atom is 0.223 e. The molecule has 1 fully saturated rings. The number of amides is 1. The molecule has 1 aromatic carbocycles. The zero-order valence-corrected chi connectivity index (χ0v) is 20.7. The van der Waals surface area contributed by atoms with Gasteiger partial charge in [0.2, 0.25) is 5.91 Å². The van der Waals surface area contributed by atoms with E-state index in [1.165, 1.54) is 24.8 Å². The van der Waals surface area contributed by atoms with Crippen molar-refractivity contribution in [3.63, 3.8) is 0 Å². The second-order valence-electron chi connectivity index (χ2n) is 7.68. The van der Waals surface area contributed by atoms with Crippen molar-refractivity contribution in [2.75, 3.05) is 26.2 Å². The molecule has 8 heteroatoms. The second-order valence-corrected chi connectivity index (χ2v) is 7.68. The number of aromatic nitrogens is 2. The average molecular weight is 538 g/mol. The van der Waals surface area contributed by atoms with Gasteiger partial charge in [0.05, 0.1) is 5.69 Å². The number of halogens is 1. The van der Waals surface area contributed by atoms with Crippen LogP contribution in [0, 0.1) is 5.92 Å². The van der Waals surface area contributed by atoms with Crippen molar-refractivity contribution in [2.24, 2.45) is 10.9 Å². The maximum atomic E-state index is 12.2. The largest absolute Gasteiger partial charge is 0.357 e. The van der Waals surface area contributed by atoms with Crippen molar-refractivity contribution in [2.45, 2.75) is 45.4 Å². The molecule has 1 heterocycles. The Morgan fingerprint density at radius 2 is 1.84 bits per heavy atom. The van der Waals surface area contributed by atoms with Gasteiger partial charge < -0.3 is 16.0 Å². The highest BCUT2D eigenvalue weighted by Crippen LogP contribution is 2.23. The summed E-state index contributed by atoms with van der Waals surface area (Å²) in [5.41, 5.74) is 2.29. The summed E-state index contributed by atoms with van der Waals surface area (Å²) in [5.74, 6) is 1.20. The Bertz CT molecular complexity index is 785. The molecule has 2 aromatic rings. The highest BCUT2D eigenvalue weighted by molar-refractivity contribution is 14.0.